The molecule has 88 valence electrons. The van der Waals surface area contributed by atoms with Crippen molar-refractivity contribution < 1.29 is 19.7 Å². The third-order valence-corrected chi connectivity index (χ3v) is 2.10. The van der Waals surface area contributed by atoms with Crippen molar-refractivity contribution in [2.45, 2.75) is 25.9 Å². The van der Waals surface area contributed by atoms with Gasteiger partial charge in [-0.3, -0.25) is 4.79 Å². The molecule has 4 nitrogen and oxygen atoms in total. The predicted molar refractivity (Wildman–Crippen MR) is 59.6 cm³/mol. The van der Waals surface area contributed by atoms with Crippen LogP contribution in [0.3, 0.4) is 0 Å². The van der Waals surface area contributed by atoms with E-state index in [0.717, 1.165) is 5.56 Å². The van der Waals surface area contributed by atoms with Gasteiger partial charge in [0.05, 0.1) is 6.42 Å². The van der Waals surface area contributed by atoms with Crippen molar-refractivity contribution >= 4 is 5.97 Å². The first-order valence-corrected chi connectivity index (χ1v) is 5.03. The van der Waals surface area contributed by atoms with Gasteiger partial charge in [0.1, 0.15) is 18.0 Å². The molecule has 1 aromatic rings. The Labute approximate surface area is 94.5 Å². The van der Waals surface area contributed by atoms with E-state index < -0.39 is 11.6 Å². The number of hydrogen-bond acceptors (Lipinski definition) is 3. The zero-order chi connectivity index (χ0) is 12.2. The van der Waals surface area contributed by atoms with Gasteiger partial charge in [-0.25, -0.2) is 0 Å². The maximum absolute atomic E-state index is 10.5. The van der Waals surface area contributed by atoms with Gasteiger partial charge in [0.25, 0.3) is 0 Å². The number of rotatable bonds is 5. The lowest BCUT2D eigenvalue weighted by atomic mass is 10.0. The van der Waals surface area contributed by atoms with Crippen LogP contribution in [0, 0.1) is 6.92 Å². The van der Waals surface area contributed by atoms with Crippen molar-refractivity contribution in [1.29, 1.82) is 0 Å². The van der Waals surface area contributed by atoms with Gasteiger partial charge in [-0.15, -0.1) is 0 Å². The smallest absolute Gasteiger partial charge is 0.306 e. The molecule has 1 aromatic carbocycles. The molecule has 4 heteroatoms. The first-order chi connectivity index (χ1) is 7.39. The van der Waals surface area contributed by atoms with Crippen LogP contribution in [0.1, 0.15) is 18.9 Å². The zero-order valence-electron chi connectivity index (χ0n) is 9.43. The van der Waals surface area contributed by atoms with Crippen molar-refractivity contribution in [3.63, 3.8) is 0 Å². The van der Waals surface area contributed by atoms with Crippen molar-refractivity contribution in [3.05, 3.63) is 29.8 Å². The van der Waals surface area contributed by atoms with E-state index >= 15 is 0 Å². The minimum Gasteiger partial charge on any atom is -0.491 e. The molecule has 0 spiro atoms. The van der Waals surface area contributed by atoms with Crippen molar-refractivity contribution in [1.82, 2.24) is 0 Å². The summed E-state index contributed by atoms with van der Waals surface area (Å²) >= 11 is 0. The molecule has 0 heterocycles. The summed E-state index contributed by atoms with van der Waals surface area (Å²) < 4.78 is 5.31. The Bertz CT molecular complexity index is 354. The number of aliphatic hydroxyl groups is 1. The van der Waals surface area contributed by atoms with E-state index in [0.29, 0.717) is 5.75 Å². The molecule has 0 aromatic heterocycles. The van der Waals surface area contributed by atoms with Gasteiger partial charge < -0.3 is 14.9 Å². The summed E-state index contributed by atoms with van der Waals surface area (Å²) in [4.78, 5) is 10.5. The van der Waals surface area contributed by atoms with E-state index in [-0.39, 0.29) is 13.0 Å². The molecule has 0 saturated heterocycles. The molecule has 1 unspecified atom stereocenters. The van der Waals surface area contributed by atoms with Gasteiger partial charge in [0, 0.05) is 0 Å². The average molecular weight is 224 g/mol. The molecule has 16 heavy (non-hydrogen) atoms. The van der Waals surface area contributed by atoms with E-state index in [9.17, 15) is 9.90 Å². The molecule has 1 rings (SSSR count). The molecule has 2 N–H and O–H groups in total. The highest BCUT2D eigenvalue weighted by Crippen LogP contribution is 2.15. The third-order valence-electron chi connectivity index (χ3n) is 2.10. The predicted octanol–water partition coefficient (Wildman–Crippen LogP) is 1.60. The summed E-state index contributed by atoms with van der Waals surface area (Å²) in [7, 11) is 0. The van der Waals surface area contributed by atoms with Crippen molar-refractivity contribution in [2.24, 2.45) is 0 Å². The van der Waals surface area contributed by atoms with Crippen LogP contribution < -0.4 is 4.74 Å². The summed E-state index contributed by atoms with van der Waals surface area (Å²) in [5.41, 5.74) is -0.235. The molecule has 0 saturated carbocycles. The van der Waals surface area contributed by atoms with E-state index in [4.69, 9.17) is 9.84 Å². The number of carboxylic acid groups (broad SMARTS) is 1. The van der Waals surface area contributed by atoms with E-state index in [1.807, 2.05) is 19.1 Å². The molecule has 1 atom stereocenters. The number of hydrogen-bond donors (Lipinski definition) is 2. The first-order valence-electron chi connectivity index (χ1n) is 5.03. The molecular formula is C12H16O4. The highest BCUT2D eigenvalue weighted by molar-refractivity contribution is 5.68. The Morgan fingerprint density at radius 1 is 1.38 bits per heavy atom. The highest BCUT2D eigenvalue weighted by atomic mass is 16.5. The molecule has 0 bridgehead atoms. The Hall–Kier alpha value is -1.55. The number of benzene rings is 1. The van der Waals surface area contributed by atoms with Gasteiger partial charge >= 0.3 is 5.97 Å². The summed E-state index contributed by atoms with van der Waals surface area (Å²) in [6, 6.07) is 7.35. The standard InChI is InChI=1S/C12H16O4/c1-9-3-5-10(6-4-9)16-8-12(2,15)7-11(13)14/h3-6,15H,7-8H2,1-2H3,(H,13,14). The summed E-state index contributed by atoms with van der Waals surface area (Å²) in [5.74, 6) is -0.422. The number of carboxylic acids is 1. The fourth-order valence-corrected chi connectivity index (χ4v) is 1.25. The second kappa shape index (κ2) is 4.99. The molecular weight excluding hydrogens is 208 g/mol. The zero-order valence-corrected chi connectivity index (χ0v) is 9.43. The molecule has 0 aliphatic heterocycles. The molecule has 0 aliphatic carbocycles. The lowest BCUT2D eigenvalue weighted by Crippen LogP contribution is -2.34. The summed E-state index contributed by atoms with van der Waals surface area (Å²) in [6.45, 7) is 3.36. The van der Waals surface area contributed by atoms with Gasteiger partial charge in [-0.05, 0) is 26.0 Å². The second-order valence-corrected chi connectivity index (χ2v) is 4.17. The van der Waals surface area contributed by atoms with Gasteiger partial charge in [-0.2, -0.15) is 0 Å². The summed E-state index contributed by atoms with van der Waals surface area (Å²) in [5, 5.41) is 18.3. The molecule has 0 fully saturated rings. The van der Waals surface area contributed by atoms with Gasteiger partial charge in [0.2, 0.25) is 0 Å². The molecule has 0 amide bonds. The van der Waals surface area contributed by atoms with Crippen LogP contribution in [0.5, 0.6) is 5.75 Å². The second-order valence-electron chi connectivity index (χ2n) is 4.17. The average Bonchev–Trinajstić information content (AvgIpc) is 2.15. The van der Waals surface area contributed by atoms with Crippen LogP contribution in [0.4, 0.5) is 0 Å². The van der Waals surface area contributed by atoms with Crippen LogP contribution >= 0.6 is 0 Å². The molecule has 0 aliphatic rings. The van der Waals surface area contributed by atoms with Crippen LogP contribution in [0.2, 0.25) is 0 Å². The fourth-order valence-electron chi connectivity index (χ4n) is 1.25. The fraction of sp³-hybridized carbons (Fsp3) is 0.417. The minimum absolute atomic E-state index is 0.0393. The van der Waals surface area contributed by atoms with Crippen molar-refractivity contribution in [3.8, 4) is 5.75 Å². The Morgan fingerprint density at radius 3 is 2.44 bits per heavy atom. The largest absolute Gasteiger partial charge is 0.491 e. The number of carbonyl (C=O) groups is 1. The van der Waals surface area contributed by atoms with Crippen LogP contribution in [-0.2, 0) is 4.79 Å². The van der Waals surface area contributed by atoms with Crippen LogP contribution in [0.15, 0.2) is 24.3 Å². The van der Waals surface area contributed by atoms with Gasteiger partial charge in [-0.1, -0.05) is 17.7 Å². The SMILES string of the molecule is Cc1ccc(OCC(C)(O)CC(=O)O)cc1. The Balaban J connectivity index is 2.50. The minimum atomic E-state index is -1.35. The third kappa shape index (κ3) is 4.31. The van der Waals surface area contributed by atoms with Crippen LogP contribution in [-0.4, -0.2) is 28.4 Å². The maximum atomic E-state index is 10.5. The maximum Gasteiger partial charge on any atom is 0.306 e. The summed E-state index contributed by atoms with van der Waals surface area (Å²) in [6.07, 6.45) is -0.334. The monoisotopic (exact) mass is 224 g/mol. The quantitative estimate of drug-likeness (QED) is 0.797. The van der Waals surface area contributed by atoms with Gasteiger partial charge in [0.15, 0.2) is 0 Å². The van der Waals surface area contributed by atoms with Crippen LogP contribution in [0.25, 0.3) is 0 Å². The normalized spacial score (nSPS) is 14.2. The topological polar surface area (TPSA) is 66.8 Å². The number of aryl methyl sites for hydroxylation is 1. The number of ether oxygens (including phenoxy) is 1. The molecule has 0 radical (unpaired) electrons. The lowest BCUT2D eigenvalue weighted by molar-refractivity contribution is -0.143. The highest BCUT2D eigenvalue weighted by Gasteiger charge is 2.25. The van der Waals surface area contributed by atoms with E-state index in [1.165, 1.54) is 6.92 Å². The van der Waals surface area contributed by atoms with E-state index in [2.05, 4.69) is 0 Å². The lowest BCUT2D eigenvalue weighted by Gasteiger charge is -2.21. The van der Waals surface area contributed by atoms with Crippen molar-refractivity contribution in [2.75, 3.05) is 6.61 Å². The first kappa shape index (κ1) is 12.5. The Morgan fingerprint density at radius 2 is 1.94 bits per heavy atom. The Kier molecular flexibility index (Phi) is 3.90. The number of aliphatic carboxylic acids is 1. The van der Waals surface area contributed by atoms with E-state index in [1.54, 1.807) is 12.1 Å².